The van der Waals surface area contributed by atoms with Crippen LogP contribution in [0.3, 0.4) is 0 Å². The van der Waals surface area contributed by atoms with Gasteiger partial charge in [0.25, 0.3) is 0 Å². The van der Waals surface area contributed by atoms with Crippen molar-refractivity contribution in [2.24, 2.45) is 0 Å². The summed E-state index contributed by atoms with van der Waals surface area (Å²) in [5, 5.41) is 8.11. The third-order valence-electron chi connectivity index (χ3n) is 5.41. The molecule has 3 N–H and O–H groups in total. The van der Waals surface area contributed by atoms with Gasteiger partial charge in [0.2, 0.25) is 17.7 Å². The highest BCUT2D eigenvalue weighted by Crippen LogP contribution is 2.36. The van der Waals surface area contributed by atoms with Crippen molar-refractivity contribution in [3.8, 4) is 0 Å². The molecule has 3 amide bonds. The van der Waals surface area contributed by atoms with Crippen molar-refractivity contribution in [3.05, 3.63) is 120 Å². The minimum Gasteiger partial charge on any atom is -0.326 e. The van der Waals surface area contributed by atoms with Gasteiger partial charge >= 0.3 is 0 Å². The van der Waals surface area contributed by atoms with Gasteiger partial charge in [-0.05, 0) is 59.7 Å². The van der Waals surface area contributed by atoms with Crippen LogP contribution in [0.1, 0.15) is 23.3 Å². The van der Waals surface area contributed by atoms with E-state index in [0.29, 0.717) is 23.5 Å². The second kappa shape index (κ2) is 12.6. The largest absolute Gasteiger partial charge is 0.326 e. The van der Waals surface area contributed by atoms with Crippen LogP contribution in [0.15, 0.2) is 114 Å². The fourth-order valence-electron chi connectivity index (χ4n) is 3.69. The van der Waals surface area contributed by atoms with Gasteiger partial charge in [-0.2, -0.15) is 0 Å². The van der Waals surface area contributed by atoms with Gasteiger partial charge in [0.05, 0.1) is 6.42 Å². The normalized spacial score (nSPS) is 11.3. The summed E-state index contributed by atoms with van der Waals surface area (Å²) in [7, 11) is 0. The molecule has 37 heavy (non-hydrogen) atoms. The van der Waals surface area contributed by atoms with Crippen molar-refractivity contribution < 1.29 is 14.4 Å². The van der Waals surface area contributed by atoms with Crippen molar-refractivity contribution in [1.82, 2.24) is 0 Å². The molecule has 0 heterocycles. The summed E-state index contributed by atoms with van der Waals surface area (Å²) < 4.78 is 0. The molecule has 0 fully saturated rings. The summed E-state index contributed by atoms with van der Waals surface area (Å²) >= 11 is 1.43. The number of amides is 3. The lowest BCUT2D eigenvalue weighted by Gasteiger charge is -2.17. The van der Waals surface area contributed by atoms with Crippen molar-refractivity contribution in [2.45, 2.75) is 23.5 Å². The van der Waals surface area contributed by atoms with E-state index in [-0.39, 0.29) is 17.7 Å². The molecule has 7 heteroatoms. The maximum Gasteiger partial charge on any atom is 0.242 e. The van der Waals surface area contributed by atoms with Gasteiger partial charge in [-0.1, -0.05) is 60.7 Å². The first kappa shape index (κ1) is 25.7. The van der Waals surface area contributed by atoms with Gasteiger partial charge in [-0.3, -0.25) is 14.4 Å². The van der Waals surface area contributed by atoms with Gasteiger partial charge < -0.3 is 16.0 Å². The lowest BCUT2D eigenvalue weighted by Crippen LogP contribution is -2.19. The Balaban J connectivity index is 1.43. The molecule has 4 aromatic rings. The molecule has 1 atom stereocenters. The van der Waals surface area contributed by atoms with Crippen LogP contribution in [0.25, 0.3) is 0 Å². The average Bonchev–Trinajstić information content (AvgIpc) is 2.90. The summed E-state index contributed by atoms with van der Waals surface area (Å²) in [4.78, 5) is 37.8. The topological polar surface area (TPSA) is 87.3 Å². The number of hydrogen-bond acceptors (Lipinski definition) is 4. The van der Waals surface area contributed by atoms with E-state index in [9.17, 15) is 14.4 Å². The van der Waals surface area contributed by atoms with Crippen LogP contribution < -0.4 is 16.0 Å². The van der Waals surface area contributed by atoms with Crippen LogP contribution in [-0.4, -0.2) is 17.7 Å². The molecule has 6 nitrogen and oxygen atoms in total. The zero-order valence-electron chi connectivity index (χ0n) is 20.3. The van der Waals surface area contributed by atoms with Crippen molar-refractivity contribution >= 4 is 46.5 Å². The number of thioether (sulfide) groups is 1. The zero-order valence-corrected chi connectivity index (χ0v) is 21.1. The Morgan fingerprint density at radius 2 is 1.16 bits per heavy atom. The smallest absolute Gasteiger partial charge is 0.242 e. The van der Waals surface area contributed by atoms with E-state index in [1.165, 1.54) is 18.7 Å². The molecule has 0 bridgehead atoms. The number of nitrogens with one attached hydrogen (secondary N) is 3. The van der Waals surface area contributed by atoms with Crippen LogP contribution in [-0.2, 0) is 20.8 Å². The summed E-state index contributed by atoms with van der Waals surface area (Å²) in [6.07, 6.45) is 0.305. The fraction of sp³-hybridized carbons (Fsp3) is 0.100. The SMILES string of the molecule is CC(=O)Nc1ccc(NC(=O)C(Sc2ccc(NC(=O)Cc3ccccc3)cc2)c2ccccc2)cc1. The molecule has 186 valence electrons. The predicted molar refractivity (Wildman–Crippen MR) is 150 cm³/mol. The van der Waals surface area contributed by atoms with Gasteiger partial charge in [-0.25, -0.2) is 0 Å². The standard InChI is InChI=1S/C30H27N3O3S/c1-21(34)31-24-12-14-26(15-13-24)33-30(36)29(23-10-6-3-7-11-23)37-27-18-16-25(17-19-27)32-28(35)20-22-8-4-2-5-9-22/h2-19,29H,20H2,1H3,(H,31,34)(H,32,35)(H,33,36). The number of rotatable bonds is 9. The maximum absolute atomic E-state index is 13.3. The maximum atomic E-state index is 13.3. The monoisotopic (exact) mass is 509 g/mol. The number of hydrogen-bond donors (Lipinski definition) is 3. The highest BCUT2D eigenvalue weighted by Gasteiger charge is 2.22. The molecule has 0 aliphatic rings. The number of carbonyl (C=O) groups is 3. The van der Waals surface area contributed by atoms with Crippen molar-refractivity contribution in [1.29, 1.82) is 0 Å². The van der Waals surface area contributed by atoms with Crippen LogP contribution in [0.5, 0.6) is 0 Å². The first-order chi connectivity index (χ1) is 18.0. The Bertz CT molecular complexity index is 1340. The minimum atomic E-state index is -0.491. The van der Waals surface area contributed by atoms with E-state index < -0.39 is 5.25 Å². The van der Waals surface area contributed by atoms with E-state index in [4.69, 9.17) is 0 Å². The van der Waals surface area contributed by atoms with E-state index in [1.54, 1.807) is 24.3 Å². The summed E-state index contributed by atoms with van der Waals surface area (Å²) in [5.74, 6) is -0.402. The van der Waals surface area contributed by atoms with Crippen molar-refractivity contribution in [3.63, 3.8) is 0 Å². The summed E-state index contributed by atoms with van der Waals surface area (Å²) in [6.45, 7) is 1.45. The molecule has 4 aromatic carbocycles. The van der Waals surface area contributed by atoms with Gasteiger partial charge in [0.15, 0.2) is 0 Å². The van der Waals surface area contributed by atoms with Crippen LogP contribution in [0.2, 0.25) is 0 Å². The summed E-state index contributed by atoms with van der Waals surface area (Å²) in [5.41, 5.74) is 3.83. The predicted octanol–water partition coefficient (Wildman–Crippen LogP) is 6.30. The molecule has 0 saturated carbocycles. The second-order valence-electron chi connectivity index (χ2n) is 8.39. The molecule has 0 aromatic heterocycles. The Labute approximate surface area is 220 Å². The highest BCUT2D eigenvalue weighted by atomic mass is 32.2. The van der Waals surface area contributed by atoms with Gasteiger partial charge in [0, 0.05) is 28.9 Å². The van der Waals surface area contributed by atoms with E-state index >= 15 is 0 Å². The Hall–Kier alpha value is -4.36. The molecular weight excluding hydrogens is 482 g/mol. The lowest BCUT2D eigenvalue weighted by atomic mass is 10.1. The van der Waals surface area contributed by atoms with E-state index in [2.05, 4.69) is 16.0 Å². The van der Waals surface area contributed by atoms with Gasteiger partial charge in [0.1, 0.15) is 5.25 Å². The second-order valence-corrected chi connectivity index (χ2v) is 9.57. The number of benzene rings is 4. The minimum absolute atomic E-state index is 0.0855. The zero-order chi connectivity index (χ0) is 26.0. The van der Waals surface area contributed by atoms with Crippen LogP contribution in [0.4, 0.5) is 17.1 Å². The molecule has 0 aliphatic heterocycles. The average molecular weight is 510 g/mol. The third-order valence-corrected chi connectivity index (χ3v) is 6.68. The van der Waals surface area contributed by atoms with E-state index in [0.717, 1.165) is 16.0 Å². The molecular formula is C30H27N3O3S. The van der Waals surface area contributed by atoms with Gasteiger partial charge in [-0.15, -0.1) is 11.8 Å². The first-order valence-corrected chi connectivity index (χ1v) is 12.7. The molecule has 0 saturated heterocycles. The molecule has 0 spiro atoms. The molecule has 4 rings (SSSR count). The Morgan fingerprint density at radius 3 is 1.76 bits per heavy atom. The lowest BCUT2D eigenvalue weighted by molar-refractivity contribution is -0.116. The van der Waals surface area contributed by atoms with E-state index in [1.807, 2.05) is 84.9 Å². The molecule has 1 unspecified atom stereocenters. The molecule has 0 aliphatic carbocycles. The Kier molecular flexibility index (Phi) is 8.73. The Morgan fingerprint density at radius 1 is 0.649 bits per heavy atom. The van der Waals surface area contributed by atoms with Crippen LogP contribution in [0, 0.1) is 0 Å². The van der Waals surface area contributed by atoms with Crippen LogP contribution >= 0.6 is 11.8 Å². The third kappa shape index (κ3) is 7.81. The number of anilines is 3. The fourth-order valence-corrected chi connectivity index (χ4v) is 4.71. The summed E-state index contributed by atoms with van der Waals surface area (Å²) in [6, 6.07) is 33.6. The quantitative estimate of drug-likeness (QED) is 0.231. The first-order valence-electron chi connectivity index (χ1n) is 11.8. The highest BCUT2D eigenvalue weighted by molar-refractivity contribution is 8.00. The van der Waals surface area contributed by atoms with Crippen molar-refractivity contribution in [2.75, 3.05) is 16.0 Å². The molecule has 0 radical (unpaired) electrons. The number of carbonyl (C=O) groups excluding carboxylic acids is 3.